The topological polar surface area (TPSA) is 91.8 Å². The first-order valence-corrected chi connectivity index (χ1v) is 7.69. The van der Waals surface area contributed by atoms with Crippen molar-refractivity contribution in [3.05, 3.63) is 29.8 Å². The normalized spacial score (nSPS) is 11.1. The molecule has 1 rings (SSSR count). The number of amides is 1. The Morgan fingerprint density at radius 1 is 1.30 bits per heavy atom. The number of likely N-dealkylation sites (N-methyl/N-ethyl adjacent to an activating group) is 1. The van der Waals surface area contributed by atoms with Gasteiger partial charge in [-0.15, -0.1) is 0 Å². The monoisotopic (exact) mass is 299 g/mol. The van der Waals surface area contributed by atoms with Gasteiger partial charge in [0.15, 0.2) is 9.84 Å². The van der Waals surface area contributed by atoms with Gasteiger partial charge in [0.1, 0.15) is 6.54 Å². The highest BCUT2D eigenvalue weighted by atomic mass is 32.2. The number of carboxylic acids is 1. The Morgan fingerprint density at radius 2 is 1.95 bits per heavy atom. The first-order chi connectivity index (χ1) is 9.26. The first kappa shape index (κ1) is 16.2. The van der Waals surface area contributed by atoms with Crippen molar-refractivity contribution in [2.45, 2.75) is 18.2 Å². The van der Waals surface area contributed by atoms with Crippen molar-refractivity contribution >= 4 is 21.7 Å². The van der Waals surface area contributed by atoms with Gasteiger partial charge >= 0.3 is 5.97 Å². The Bertz CT molecular complexity index is 609. The molecule has 1 aromatic carbocycles. The minimum atomic E-state index is -3.31. The SMILES string of the molecule is CCS(=O)(=O)c1cccc(CC(=O)N(C)CC(=O)O)c1. The number of rotatable bonds is 6. The Labute approximate surface area is 117 Å². The molecule has 0 saturated heterocycles. The van der Waals surface area contributed by atoms with Crippen molar-refractivity contribution in [2.75, 3.05) is 19.3 Å². The summed E-state index contributed by atoms with van der Waals surface area (Å²) in [5.41, 5.74) is 0.543. The fourth-order valence-corrected chi connectivity index (χ4v) is 2.57. The summed E-state index contributed by atoms with van der Waals surface area (Å²) in [4.78, 5) is 23.6. The Hall–Kier alpha value is -1.89. The largest absolute Gasteiger partial charge is 0.480 e. The fourth-order valence-electron chi connectivity index (χ4n) is 1.62. The number of hydrogen-bond acceptors (Lipinski definition) is 4. The third-order valence-electron chi connectivity index (χ3n) is 2.79. The van der Waals surface area contributed by atoms with Gasteiger partial charge in [0.2, 0.25) is 5.91 Å². The molecule has 0 radical (unpaired) electrons. The summed E-state index contributed by atoms with van der Waals surface area (Å²) < 4.78 is 23.5. The van der Waals surface area contributed by atoms with Gasteiger partial charge in [-0.1, -0.05) is 19.1 Å². The van der Waals surface area contributed by atoms with Crippen LogP contribution >= 0.6 is 0 Å². The zero-order valence-electron chi connectivity index (χ0n) is 11.4. The van der Waals surface area contributed by atoms with Crippen LogP contribution in [0, 0.1) is 0 Å². The third-order valence-corrected chi connectivity index (χ3v) is 4.52. The molecule has 0 aliphatic carbocycles. The smallest absolute Gasteiger partial charge is 0.323 e. The Kier molecular flexibility index (Phi) is 5.26. The predicted molar refractivity (Wildman–Crippen MR) is 73.1 cm³/mol. The van der Waals surface area contributed by atoms with E-state index >= 15 is 0 Å². The molecule has 20 heavy (non-hydrogen) atoms. The van der Waals surface area contributed by atoms with E-state index in [0.717, 1.165) is 4.90 Å². The van der Waals surface area contributed by atoms with Gasteiger partial charge in [-0.05, 0) is 17.7 Å². The van der Waals surface area contributed by atoms with Crippen molar-refractivity contribution in [3.63, 3.8) is 0 Å². The molecule has 0 saturated carbocycles. The number of carbonyl (C=O) groups is 2. The van der Waals surface area contributed by atoms with Crippen molar-refractivity contribution in [2.24, 2.45) is 0 Å². The quantitative estimate of drug-likeness (QED) is 0.829. The van der Waals surface area contributed by atoms with Crippen LogP contribution in [0.3, 0.4) is 0 Å². The molecule has 6 nitrogen and oxygen atoms in total. The first-order valence-electron chi connectivity index (χ1n) is 6.03. The van der Waals surface area contributed by atoms with Crippen LogP contribution in [0.2, 0.25) is 0 Å². The molecule has 0 aliphatic heterocycles. The lowest BCUT2D eigenvalue weighted by Gasteiger charge is -2.14. The molecular formula is C13H17NO5S. The second-order valence-electron chi connectivity index (χ2n) is 4.37. The maximum atomic E-state index is 11.8. The molecule has 110 valence electrons. The lowest BCUT2D eigenvalue weighted by molar-refractivity contribution is -0.143. The maximum absolute atomic E-state index is 11.8. The van der Waals surface area contributed by atoms with E-state index in [1.54, 1.807) is 19.1 Å². The molecule has 0 bridgehead atoms. The minimum Gasteiger partial charge on any atom is -0.480 e. The number of aliphatic carboxylic acids is 1. The van der Waals surface area contributed by atoms with Crippen molar-refractivity contribution in [1.29, 1.82) is 0 Å². The van der Waals surface area contributed by atoms with E-state index in [0.29, 0.717) is 5.56 Å². The molecule has 0 atom stereocenters. The van der Waals surface area contributed by atoms with Crippen molar-refractivity contribution < 1.29 is 23.1 Å². The summed E-state index contributed by atoms with van der Waals surface area (Å²) in [5.74, 6) is -1.48. The summed E-state index contributed by atoms with van der Waals surface area (Å²) in [6.45, 7) is 1.17. The molecule has 0 unspecified atom stereocenters. The van der Waals surface area contributed by atoms with E-state index < -0.39 is 15.8 Å². The average molecular weight is 299 g/mol. The molecule has 0 aromatic heterocycles. The van der Waals surface area contributed by atoms with Crippen LogP contribution in [0.1, 0.15) is 12.5 Å². The molecule has 1 amide bonds. The summed E-state index contributed by atoms with van der Waals surface area (Å²) in [7, 11) is -1.92. The lowest BCUT2D eigenvalue weighted by atomic mass is 10.1. The highest BCUT2D eigenvalue weighted by molar-refractivity contribution is 7.91. The van der Waals surface area contributed by atoms with Crippen LogP contribution in [-0.4, -0.2) is 49.6 Å². The van der Waals surface area contributed by atoms with Crippen LogP contribution in [0.4, 0.5) is 0 Å². The molecule has 0 aliphatic rings. The van der Waals surface area contributed by atoms with Gasteiger partial charge in [0.05, 0.1) is 17.1 Å². The molecular weight excluding hydrogens is 282 g/mol. The third kappa shape index (κ3) is 4.34. The zero-order valence-corrected chi connectivity index (χ0v) is 12.2. The second-order valence-corrected chi connectivity index (χ2v) is 6.65. The Morgan fingerprint density at radius 3 is 2.50 bits per heavy atom. The van der Waals surface area contributed by atoms with E-state index in [2.05, 4.69) is 0 Å². The van der Waals surface area contributed by atoms with Gasteiger partial charge in [0.25, 0.3) is 0 Å². The van der Waals surface area contributed by atoms with Gasteiger partial charge < -0.3 is 10.0 Å². The predicted octanol–water partition coefficient (Wildman–Crippen LogP) is 0.566. The van der Waals surface area contributed by atoms with E-state index in [1.165, 1.54) is 19.2 Å². The molecule has 1 N–H and O–H groups in total. The number of benzene rings is 1. The molecule has 1 aromatic rings. The molecule has 0 spiro atoms. The van der Waals surface area contributed by atoms with Crippen LogP contribution < -0.4 is 0 Å². The number of nitrogens with zero attached hydrogens (tertiary/aromatic N) is 1. The molecule has 7 heteroatoms. The van der Waals surface area contributed by atoms with Gasteiger partial charge in [-0.2, -0.15) is 0 Å². The maximum Gasteiger partial charge on any atom is 0.323 e. The molecule has 0 heterocycles. The van der Waals surface area contributed by atoms with Gasteiger partial charge in [0, 0.05) is 7.05 Å². The van der Waals surface area contributed by atoms with E-state index in [-0.39, 0.29) is 29.5 Å². The minimum absolute atomic E-state index is 0.0106. The zero-order chi connectivity index (χ0) is 15.3. The summed E-state index contributed by atoms with van der Waals surface area (Å²) in [6.07, 6.45) is -0.0309. The van der Waals surface area contributed by atoms with E-state index in [9.17, 15) is 18.0 Å². The van der Waals surface area contributed by atoms with Crippen molar-refractivity contribution in [3.8, 4) is 0 Å². The summed E-state index contributed by atoms with van der Waals surface area (Å²) in [5, 5.41) is 8.61. The van der Waals surface area contributed by atoms with Crippen LogP contribution in [-0.2, 0) is 25.8 Å². The van der Waals surface area contributed by atoms with Crippen molar-refractivity contribution in [1.82, 2.24) is 4.90 Å². The van der Waals surface area contributed by atoms with E-state index in [4.69, 9.17) is 5.11 Å². The summed E-state index contributed by atoms with van der Waals surface area (Å²) >= 11 is 0. The highest BCUT2D eigenvalue weighted by Gasteiger charge is 2.15. The number of carbonyl (C=O) groups excluding carboxylic acids is 1. The Balaban J connectivity index is 2.87. The number of carboxylic acid groups (broad SMARTS) is 1. The van der Waals surface area contributed by atoms with E-state index in [1.807, 2.05) is 0 Å². The van der Waals surface area contributed by atoms with Crippen LogP contribution in [0.5, 0.6) is 0 Å². The lowest BCUT2D eigenvalue weighted by Crippen LogP contribution is -2.33. The van der Waals surface area contributed by atoms with Gasteiger partial charge in [-0.25, -0.2) is 8.42 Å². The van der Waals surface area contributed by atoms with Crippen LogP contribution in [0.25, 0.3) is 0 Å². The molecule has 0 fully saturated rings. The number of sulfone groups is 1. The number of hydrogen-bond donors (Lipinski definition) is 1. The second kappa shape index (κ2) is 6.51. The summed E-state index contributed by atoms with van der Waals surface area (Å²) in [6, 6.07) is 6.14. The highest BCUT2D eigenvalue weighted by Crippen LogP contribution is 2.14. The fraction of sp³-hybridized carbons (Fsp3) is 0.385. The van der Waals surface area contributed by atoms with Crippen LogP contribution in [0.15, 0.2) is 29.2 Å². The standard InChI is InChI=1S/C13H17NO5S/c1-3-20(18,19)11-6-4-5-10(7-11)8-12(15)14(2)9-13(16)17/h4-7H,3,8-9H2,1-2H3,(H,16,17). The average Bonchev–Trinajstić information content (AvgIpc) is 2.38. The van der Waals surface area contributed by atoms with Gasteiger partial charge in [-0.3, -0.25) is 9.59 Å².